The Morgan fingerprint density at radius 1 is 1.32 bits per heavy atom. The van der Waals surface area contributed by atoms with Crippen LogP contribution in [0.3, 0.4) is 0 Å². The summed E-state index contributed by atoms with van der Waals surface area (Å²) in [4.78, 5) is 2.25. The summed E-state index contributed by atoms with van der Waals surface area (Å²) >= 11 is 3.46. The summed E-state index contributed by atoms with van der Waals surface area (Å²) in [7, 11) is 3.32. The highest BCUT2D eigenvalue weighted by atomic mass is 79.9. The highest BCUT2D eigenvalue weighted by Gasteiger charge is 2.19. The van der Waals surface area contributed by atoms with E-state index < -0.39 is 0 Å². The highest BCUT2D eigenvalue weighted by molar-refractivity contribution is 9.10. The smallest absolute Gasteiger partial charge is 0.133 e. The summed E-state index contributed by atoms with van der Waals surface area (Å²) in [5.74, 6) is 1.64. The predicted molar refractivity (Wildman–Crippen MR) is 77.8 cm³/mol. The number of likely N-dealkylation sites (tertiary alicyclic amines) is 1. The number of benzene rings is 1. The molecule has 1 aromatic carbocycles. The predicted octanol–water partition coefficient (Wildman–Crippen LogP) is 2.42. The summed E-state index contributed by atoms with van der Waals surface area (Å²) in [5, 5.41) is 9.72. The number of aliphatic hydroxyl groups excluding tert-OH is 1. The Bertz CT molecular complexity index is 439. The molecule has 1 saturated heterocycles. The van der Waals surface area contributed by atoms with Crippen LogP contribution in [0.5, 0.6) is 11.5 Å². The van der Waals surface area contributed by atoms with E-state index >= 15 is 0 Å². The quantitative estimate of drug-likeness (QED) is 0.921. The maximum Gasteiger partial charge on any atom is 0.133 e. The van der Waals surface area contributed by atoms with Gasteiger partial charge in [0.05, 0.1) is 24.8 Å². The van der Waals surface area contributed by atoms with Crippen LogP contribution in [-0.2, 0) is 6.54 Å². The van der Waals surface area contributed by atoms with Gasteiger partial charge in [-0.3, -0.25) is 4.90 Å². The number of hydrogen-bond acceptors (Lipinski definition) is 4. The lowest BCUT2D eigenvalue weighted by Gasteiger charge is -2.30. The van der Waals surface area contributed by atoms with E-state index in [-0.39, 0.29) is 6.10 Å². The van der Waals surface area contributed by atoms with E-state index in [4.69, 9.17) is 9.47 Å². The molecule has 2 rings (SSSR count). The second-order valence-corrected chi connectivity index (χ2v) is 5.68. The van der Waals surface area contributed by atoms with E-state index in [9.17, 15) is 5.11 Å². The third kappa shape index (κ3) is 3.61. The number of β-amino-alcohol motifs (C(OH)–C–C–N with tert-alkyl or cyclic N) is 1. The molecule has 19 heavy (non-hydrogen) atoms. The van der Waals surface area contributed by atoms with Gasteiger partial charge in [-0.15, -0.1) is 0 Å². The van der Waals surface area contributed by atoms with Crippen molar-refractivity contribution in [2.75, 3.05) is 27.3 Å². The summed E-state index contributed by atoms with van der Waals surface area (Å²) in [5.41, 5.74) is 1.08. The molecule has 1 fully saturated rings. The van der Waals surface area contributed by atoms with Crippen LogP contribution in [0.1, 0.15) is 18.4 Å². The Hall–Kier alpha value is -0.780. The number of aliphatic hydroxyl groups is 1. The van der Waals surface area contributed by atoms with E-state index in [0.717, 1.165) is 54.0 Å². The highest BCUT2D eigenvalue weighted by Crippen LogP contribution is 2.33. The zero-order chi connectivity index (χ0) is 13.8. The van der Waals surface area contributed by atoms with E-state index in [1.807, 2.05) is 12.1 Å². The molecule has 1 heterocycles. The maximum absolute atomic E-state index is 9.72. The Kier molecular flexibility index (Phi) is 5.07. The minimum absolute atomic E-state index is 0.211. The molecule has 5 heteroatoms. The molecule has 1 aromatic rings. The van der Waals surface area contributed by atoms with E-state index in [2.05, 4.69) is 20.8 Å². The van der Waals surface area contributed by atoms with Crippen LogP contribution in [0, 0.1) is 0 Å². The van der Waals surface area contributed by atoms with Crippen molar-refractivity contribution in [3.05, 3.63) is 22.2 Å². The number of ether oxygens (including phenoxy) is 2. The zero-order valence-corrected chi connectivity index (χ0v) is 12.9. The molecule has 1 aliphatic heterocycles. The molecule has 0 amide bonds. The van der Waals surface area contributed by atoms with Crippen molar-refractivity contribution in [3.63, 3.8) is 0 Å². The van der Waals surface area contributed by atoms with Crippen molar-refractivity contribution >= 4 is 15.9 Å². The number of nitrogens with zero attached hydrogens (tertiary/aromatic N) is 1. The molecule has 0 saturated carbocycles. The third-order valence-corrected chi connectivity index (χ3v) is 4.05. The van der Waals surface area contributed by atoms with Gasteiger partial charge in [0.25, 0.3) is 0 Å². The van der Waals surface area contributed by atoms with Crippen molar-refractivity contribution in [3.8, 4) is 11.5 Å². The molecule has 0 aliphatic carbocycles. The number of halogens is 1. The summed E-state index contributed by atoms with van der Waals surface area (Å²) < 4.78 is 11.6. The molecule has 1 N–H and O–H groups in total. The van der Waals surface area contributed by atoms with Gasteiger partial charge in [-0.1, -0.05) is 0 Å². The number of hydrogen-bond donors (Lipinski definition) is 1. The standard InChI is InChI=1S/C14H20BrNO3/c1-18-13-7-12(15)14(19-2)6-10(13)8-16-5-3-4-11(17)9-16/h6-7,11,17H,3-5,8-9H2,1-2H3/t11-/m0/s1. The van der Waals surface area contributed by atoms with Gasteiger partial charge in [-0.25, -0.2) is 0 Å². The summed E-state index contributed by atoms with van der Waals surface area (Å²) in [6, 6.07) is 3.92. The first-order chi connectivity index (χ1) is 9.13. The fourth-order valence-electron chi connectivity index (χ4n) is 2.46. The molecule has 0 bridgehead atoms. The van der Waals surface area contributed by atoms with Crippen molar-refractivity contribution in [2.45, 2.75) is 25.5 Å². The minimum atomic E-state index is -0.211. The fraction of sp³-hybridized carbons (Fsp3) is 0.571. The van der Waals surface area contributed by atoms with Crippen LogP contribution in [0.2, 0.25) is 0 Å². The van der Waals surface area contributed by atoms with Crippen molar-refractivity contribution < 1.29 is 14.6 Å². The van der Waals surface area contributed by atoms with Gasteiger partial charge in [0.2, 0.25) is 0 Å². The van der Waals surface area contributed by atoms with E-state index in [0.29, 0.717) is 0 Å². The van der Waals surface area contributed by atoms with Gasteiger partial charge in [0, 0.05) is 18.7 Å². The fourth-order valence-corrected chi connectivity index (χ4v) is 2.95. The molecule has 1 aliphatic rings. The first-order valence-electron chi connectivity index (χ1n) is 6.45. The lowest BCUT2D eigenvalue weighted by molar-refractivity contribution is 0.0664. The van der Waals surface area contributed by atoms with Gasteiger partial charge in [0.1, 0.15) is 11.5 Å². The molecular formula is C14H20BrNO3. The van der Waals surface area contributed by atoms with Crippen LogP contribution in [0.25, 0.3) is 0 Å². The van der Waals surface area contributed by atoms with Gasteiger partial charge < -0.3 is 14.6 Å². The third-order valence-electron chi connectivity index (χ3n) is 3.43. The largest absolute Gasteiger partial charge is 0.496 e. The van der Waals surface area contributed by atoms with Crippen LogP contribution in [0.4, 0.5) is 0 Å². The summed E-state index contributed by atoms with van der Waals surface area (Å²) in [6.45, 7) is 2.50. The average molecular weight is 330 g/mol. The SMILES string of the molecule is COc1cc(CN2CCC[C@H](O)C2)c(OC)cc1Br. The number of methoxy groups -OCH3 is 2. The van der Waals surface area contributed by atoms with Gasteiger partial charge in [-0.05, 0) is 47.4 Å². The second kappa shape index (κ2) is 6.59. The Morgan fingerprint density at radius 2 is 2.05 bits per heavy atom. The number of rotatable bonds is 4. The van der Waals surface area contributed by atoms with Gasteiger partial charge >= 0.3 is 0 Å². The first-order valence-corrected chi connectivity index (χ1v) is 7.24. The molecule has 0 radical (unpaired) electrons. The minimum Gasteiger partial charge on any atom is -0.496 e. The molecule has 0 unspecified atom stereocenters. The van der Waals surface area contributed by atoms with Crippen LogP contribution in [0.15, 0.2) is 16.6 Å². The van der Waals surface area contributed by atoms with E-state index in [1.165, 1.54) is 0 Å². The average Bonchev–Trinajstić information content (AvgIpc) is 2.40. The molecular weight excluding hydrogens is 310 g/mol. The lowest BCUT2D eigenvalue weighted by Crippen LogP contribution is -2.37. The monoisotopic (exact) mass is 329 g/mol. The Balaban J connectivity index is 2.18. The number of piperidine rings is 1. The zero-order valence-electron chi connectivity index (χ0n) is 11.4. The van der Waals surface area contributed by atoms with Crippen LogP contribution >= 0.6 is 15.9 Å². The molecule has 1 atom stereocenters. The first kappa shape index (κ1) is 14.6. The van der Waals surface area contributed by atoms with Crippen LogP contribution in [-0.4, -0.2) is 43.4 Å². The Morgan fingerprint density at radius 3 is 2.68 bits per heavy atom. The Labute approximate surface area is 122 Å². The molecule has 0 spiro atoms. The molecule has 4 nitrogen and oxygen atoms in total. The van der Waals surface area contributed by atoms with Crippen molar-refractivity contribution in [1.29, 1.82) is 0 Å². The molecule has 0 aromatic heterocycles. The van der Waals surface area contributed by atoms with Gasteiger partial charge in [-0.2, -0.15) is 0 Å². The maximum atomic E-state index is 9.72. The van der Waals surface area contributed by atoms with E-state index in [1.54, 1.807) is 14.2 Å². The second-order valence-electron chi connectivity index (χ2n) is 4.83. The summed E-state index contributed by atoms with van der Waals surface area (Å²) in [6.07, 6.45) is 1.73. The topological polar surface area (TPSA) is 41.9 Å². The van der Waals surface area contributed by atoms with Gasteiger partial charge in [0.15, 0.2) is 0 Å². The lowest BCUT2D eigenvalue weighted by atomic mass is 10.1. The normalized spacial score (nSPS) is 20.3. The van der Waals surface area contributed by atoms with Crippen molar-refractivity contribution in [2.24, 2.45) is 0 Å². The van der Waals surface area contributed by atoms with Crippen LogP contribution < -0.4 is 9.47 Å². The van der Waals surface area contributed by atoms with Crippen molar-refractivity contribution in [1.82, 2.24) is 4.90 Å². The molecule has 106 valence electrons.